The van der Waals surface area contributed by atoms with Crippen molar-refractivity contribution in [3.05, 3.63) is 12.2 Å². The molecule has 0 aromatic rings. The van der Waals surface area contributed by atoms with E-state index < -0.39 is 40.5 Å². The fourth-order valence-corrected chi connectivity index (χ4v) is 5.90. The Kier molecular flexibility index (Phi) is 20.0. The van der Waals surface area contributed by atoms with Crippen LogP contribution in [0.25, 0.3) is 0 Å². The molecule has 0 aliphatic carbocycles. The van der Waals surface area contributed by atoms with Gasteiger partial charge >= 0.3 is 11.9 Å². The second-order valence-electron chi connectivity index (χ2n) is 10.4. The van der Waals surface area contributed by atoms with Gasteiger partial charge in [0, 0.05) is 19.3 Å². The number of carbonyl (C=O) groups is 3. The van der Waals surface area contributed by atoms with E-state index in [0.29, 0.717) is 6.42 Å². The summed E-state index contributed by atoms with van der Waals surface area (Å²) in [5.74, 6) is -3.66. The molecule has 0 aliphatic rings. The molecule has 0 saturated heterocycles. The number of hydrogen-bond donors (Lipinski definition) is 2. The number of unbranched alkanes of at least 4 members (excludes halogenated alkanes) is 12. The van der Waals surface area contributed by atoms with Gasteiger partial charge in [-0.15, -0.1) is 0 Å². The Balaban J connectivity index is 4.76. The van der Waals surface area contributed by atoms with Gasteiger partial charge in [0.25, 0.3) is 0 Å². The molecule has 3 unspecified atom stereocenters. The van der Waals surface area contributed by atoms with Crippen LogP contribution in [0.5, 0.6) is 0 Å². The number of allylic oxidation sites excluding steroid dienone is 2. The summed E-state index contributed by atoms with van der Waals surface area (Å²) >= 11 is 0. The van der Waals surface area contributed by atoms with Crippen LogP contribution in [0, 0.1) is 0 Å². The van der Waals surface area contributed by atoms with Crippen LogP contribution in [0.4, 0.5) is 0 Å². The summed E-state index contributed by atoms with van der Waals surface area (Å²) in [5.41, 5.74) is 0. The van der Waals surface area contributed by atoms with E-state index in [1.54, 1.807) is 20.8 Å². The van der Waals surface area contributed by atoms with E-state index in [1.807, 2.05) is 0 Å². The number of carboxylic acid groups (broad SMARTS) is 3. The lowest BCUT2D eigenvalue weighted by atomic mass is 9.93. The molecule has 0 radical (unpaired) electrons. The lowest BCUT2D eigenvalue weighted by Gasteiger charge is -2.51. The van der Waals surface area contributed by atoms with Gasteiger partial charge in [0.2, 0.25) is 0 Å². The number of quaternary nitrogens is 1. The van der Waals surface area contributed by atoms with Gasteiger partial charge in [-0.25, -0.2) is 9.59 Å². The van der Waals surface area contributed by atoms with Crippen molar-refractivity contribution in [3.63, 3.8) is 0 Å². The molecule has 0 heterocycles. The molecule has 0 fully saturated rings. The number of rotatable bonds is 25. The van der Waals surface area contributed by atoms with E-state index in [0.717, 1.165) is 25.7 Å². The smallest absolute Gasteiger partial charge is 0.362 e. The zero-order chi connectivity index (χ0) is 28.1. The van der Waals surface area contributed by atoms with Crippen molar-refractivity contribution in [2.75, 3.05) is 6.54 Å². The Morgan fingerprint density at radius 3 is 1.35 bits per heavy atom. The highest BCUT2D eigenvalue weighted by molar-refractivity contribution is 5.77. The quantitative estimate of drug-likeness (QED) is 0.0846. The van der Waals surface area contributed by atoms with Crippen molar-refractivity contribution in [1.82, 2.24) is 0 Å². The minimum Gasteiger partial charge on any atom is -0.544 e. The van der Waals surface area contributed by atoms with Crippen LogP contribution in [-0.2, 0) is 14.4 Å². The fraction of sp³-hybridized carbons (Fsp3) is 0.833. The number of hydrogen-bond acceptors (Lipinski definition) is 4. The fourth-order valence-electron chi connectivity index (χ4n) is 5.90. The van der Waals surface area contributed by atoms with E-state index in [4.69, 9.17) is 0 Å². The zero-order valence-corrected chi connectivity index (χ0v) is 24.1. The normalized spacial score (nSPS) is 15.8. The molecule has 0 spiro atoms. The Labute approximate surface area is 225 Å². The summed E-state index contributed by atoms with van der Waals surface area (Å²) in [4.78, 5) is 36.5. The van der Waals surface area contributed by atoms with Gasteiger partial charge in [0.15, 0.2) is 12.1 Å². The predicted molar refractivity (Wildman–Crippen MR) is 147 cm³/mol. The third kappa shape index (κ3) is 12.5. The second kappa shape index (κ2) is 21.1. The molecule has 0 aromatic heterocycles. The molecule has 0 saturated carbocycles. The Morgan fingerprint density at radius 2 is 1.00 bits per heavy atom. The summed E-state index contributed by atoms with van der Waals surface area (Å²) in [5, 5.41) is 32.1. The van der Waals surface area contributed by atoms with Crippen molar-refractivity contribution in [3.8, 4) is 0 Å². The number of aliphatic carboxylic acids is 3. The van der Waals surface area contributed by atoms with Gasteiger partial charge in [0.05, 0.1) is 12.5 Å². The third-order valence-corrected chi connectivity index (χ3v) is 7.80. The molecule has 7 nitrogen and oxygen atoms in total. The standard InChI is InChI=1S/C30H55NO6/c1-5-9-10-11-12-13-14-15-16-17-18-19-20-21-22-23-24-31(25(6-2)28(32)33,26(7-3)29(34)35)27(8-4)30(36)37/h12-13,25-27H,5-11,14-24H2,1-4H3,(H2-,32,33,34,35,36,37)/b13-12+. The van der Waals surface area contributed by atoms with Crippen LogP contribution in [-0.4, -0.2) is 57.3 Å². The lowest BCUT2D eigenvalue weighted by Crippen LogP contribution is -2.73. The minimum absolute atomic E-state index is 0.130. The van der Waals surface area contributed by atoms with Crippen molar-refractivity contribution in [2.45, 2.75) is 155 Å². The molecule has 0 bridgehead atoms. The highest BCUT2D eigenvalue weighted by Crippen LogP contribution is 2.32. The first-order valence-corrected chi connectivity index (χ1v) is 14.9. The first kappa shape index (κ1) is 35.1. The highest BCUT2D eigenvalue weighted by atomic mass is 16.4. The van der Waals surface area contributed by atoms with Crippen LogP contribution in [0.1, 0.15) is 137 Å². The lowest BCUT2D eigenvalue weighted by molar-refractivity contribution is -0.974. The van der Waals surface area contributed by atoms with Crippen LogP contribution >= 0.6 is 0 Å². The van der Waals surface area contributed by atoms with E-state index in [2.05, 4.69) is 19.1 Å². The maximum absolute atomic E-state index is 12.2. The molecule has 0 aliphatic heterocycles. The van der Waals surface area contributed by atoms with Crippen molar-refractivity contribution in [2.24, 2.45) is 0 Å². The summed E-state index contributed by atoms with van der Waals surface area (Å²) in [6, 6.07) is -3.38. The zero-order valence-electron chi connectivity index (χ0n) is 24.1. The molecule has 7 heteroatoms. The Bertz CT molecular complexity index is 607. The largest absolute Gasteiger partial charge is 0.544 e. The molecule has 0 rings (SSSR count). The average Bonchev–Trinajstić information content (AvgIpc) is 2.84. The van der Waals surface area contributed by atoms with Gasteiger partial charge < -0.3 is 20.1 Å². The Morgan fingerprint density at radius 1 is 0.622 bits per heavy atom. The molecule has 216 valence electrons. The topological polar surface area (TPSA) is 115 Å². The van der Waals surface area contributed by atoms with Gasteiger partial charge in [-0.1, -0.05) is 91.2 Å². The van der Waals surface area contributed by atoms with Crippen LogP contribution in [0.15, 0.2) is 12.2 Å². The minimum atomic E-state index is -1.37. The molecular formula is C30H55NO6. The van der Waals surface area contributed by atoms with Crippen molar-refractivity contribution < 1.29 is 34.2 Å². The molecular weight excluding hydrogens is 470 g/mol. The second-order valence-corrected chi connectivity index (χ2v) is 10.4. The van der Waals surface area contributed by atoms with Crippen molar-refractivity contribution >= 4 is 17.9 Å². The number of carboxylic acids is 3. The molecule has 37 heavy (non-hydrogen) atoms. The van der Waals surface area contributed by atoms with E-state index in [9.17, 15) is 29.7 Å². The van der Waals surface area contributed by atoms with Crippen LogP contribution < -0.4 is 5.11 Å². The highest BCUT2D eigenvalue weighted by Gasteiger charge is 2.53. The molecule has 0 amide bonds. The van der Waals surface area contributed by atoms with Crippen molar-refractivity contribution in [1.29, 1.82) is 0 Å². The third-order valence-electron chi connectivity index (χ3n) is 7.80. The van der Waals surface area contributed by atoms with Gasteiger partial charge in [0.1, 0.15) is 6.04 Å². The van der Waals surface area contributed by atoms with E-state index in [1.165, 1.54) is 57.8 Å². The monoisotopic (exact) mass is 525 g/mol. The summed E-state index contributed by atoms with van der Waals surface area (Å²) in [7, 11) is 0. The maximum Gasteiger partial charge on any atom is 0.362 e. The summed E-state index contributed by atoms with van der Waals surface area (Å²) in [6.07, 6.45) is 20.9. The molecule has 2 N–H and O–H groups in total. The average molecular weight is 526 g/mol. The van der Waals surface area contributed by atoms with Crippen LogP contribution in [0.2, 0.25) is 0 Å². The number of nitrogens with zero attached hydrogens (tertiary/aromatic N) is 1. The summed E-state index contributed by atoms with van der Waals surface area (Å²) in [6.45, 7) is 7.48. The molecule has 3 atom stereocenters. The summed E-state index contributed by atoms with van der Waals surface area (Å²) < 4.78 is -0.469. The van der Waals surface area contributed by atoms with Gasteiger partial charge in [-0.05, 0) is 38.5 Å². The van der Waals surface area contributed by atoms with E-state index in [-0.39, 0.29) is 25.8 Å². The van der Waals surface area contributed by atoms with Crippen LogP contribution in [0.3, 0.4) is 0 Å². The first-order chi connectivity index (χ1) is 17.7. The maximum atomic E-state index is 12.2. The predicted octanol–water partition coefficient (Wildman–Crippen LogP) is 6.10. The van der Waals surface area contributed by atoms with Gasteiger partial charge in [-0.2, -0.15) is 0 Å². The number of carbonyl (C=O) groups excluding carboxylic acids is 1. The van der Waals surface area contributed by atoms with Gasteiger partial charge in [-0.3, -0.25) is 4.48 Å². The molecule has 0 aromatic carbocycles. The SMILES string of the molecule is CCCCC/C=C/CCCCCCCCCCC[N+](C(CC)C(=O)[O-])(C(CC)C(=O)O)C(CC)C(=O)O. The first-order valence-electron chi connectivity index (χ1n) is 14.9. The Hall–Kier alpha value is -1.89. The van der Waals surface area contributed by atoms with E-state index >= 15 is 0 Å².